The standard InChI is InChI=1S/C31H30N6O3/c1-19(2)15-28(37-30(38)24-14-9-20(3)16-25(24)31(37)39)29-32-26-7-5-6-8-27(26)35(29)17-21-18-36(34-33-21)22-10-12-23(40-4)13-11-22/h5-14,16,18-19,28H,15,17H2,1-4H3/t28-/m1/s1. The molecule has 3 aromatic carbocycles. The van der Waals surface area contributed by atoms with Crippen molar-refractivity contribution < 1.29 is 14.3 Å². The van der Waals surface area contributed by atoms with Gasteiger partial charge in [0, 0.05) is 0 Å². The Morgan fingerprint density at radius 1 is 0.925 bits per heavy atom. The minimum absolute atomic E-state index is 0.209. The number of aromatic nitrogens is 5. The van der Waals surface area contributed by atoms with E-state index in [1.807, 2.05) is 67.7 Å². The Kier molecular flexibility index (Phi) is 6.42. The second kappa shape index (κ2) is 10.1. The van der Waals surface area contributed by atoms with Crippen molar-refractivity contribution >= 4 is 22.8 Å². The van der Waals surface area contributed by atoms with Gasteiger partial charge in [-0.15, -0.1) is 5.10 Å². The highest BCUT2D eigenvalue weighted by Crippen LogP contribution is 2.37. The maximum atomic E-state index is 13.7. The number of carbonyl (C=O) groups excluding carboxylic acids is 2. The number of nitrogens with zero attached hydrogens (tertiary/aromatic N) is 6. The van der Waals surface area contributed by atoms with Crippen molar-refractivity contribution in [1.29, 1.82) is 0 Å². The third-order valence-corrected chi connectivity index (χ3v) is 7.26. The molecule has 0 unspecified atom stereocenters. The number of carbonyl (C=O) groups is 2. The number of aryl methyl sites for hydroxylation is 1. The summed E-state index contributed by atoms with van der Waals surface area (Å²) in [6.07, 6.45) is 2.45. The highest BCUT2D eigenvalue weighted by molar-refractivity contribution is 6.21. The summed E-state index contributed by atoms with van der Waals surface area (Å²) in [4.78, 5) is 33.7. The molecule has 1 atom stereocenters. The summed E-state index contributed by atoms with van der Waals surface area (Å²) >= 11 is 0. The van der Waals surface area contributed by atoms with Crippen LogP contribution in [-0.4, -0.2) is 48.4 Å². The van der Waals surface area contributed by atoms with Gasteiger partial charge in [0.2, 0.25) is 0 Å². The molecule has 3 heterocycles. The predicted molar refractivity (Wildman–Crippen MR) is 151 cm³/mol. The number of ether oxygens (including phenoxy) is 1. The number of rotatable bonds is 8. The minimum Gasteiger partial charge on any atom is -0.497 e. The van der Waals surface area contributed by atoms with Gasteiger partial charge in [-0.2, -0.15) is 0 Å². The Hall–Kier alpha value is -4.79. The molecule has 6 rings (SSSR count). The van der Waals surface area contributed by atoms with Crippen LogP contribution in [0.4, 0.5) is 0 Å². The lowest BCUT2D eigenvalue weighted by Gasteiger charge is -2.28. The smallest absolute Gasteiger partial charge is 0.262 e. The highest BCUT2D eigenvalue weighted by Gasteiger charge is 2.42. The van der Waals surface area contributed by atoms with Gasteiger partial charge in [-0.3, -0.25) is 14.5 Å². The summed E-state index contributed by atoms with van der Waals surface area (Å²) in [7, 11) is 1.63. The first-order valence-corrected chi connectivity index (χ1v) is 13.3. The van der Waals surface area contributed by atoms with Crippen LogP contribution in [0, 0.1) is 12.8 Å². The van der Waals surface area contributed by atoms with Gasteiger partial charge in [0.25, 0.3) is 11.8 Å². The summed E-state index contributed by atoms with van der Waals surface area (Å²) in [5.41, 5.74) is 5.10. The van der Waals surface area contributed by atoms with E-state index >= 15 is 0 Å². The number of amides is 2. The number of fused-ring (bicyclic) bond motifs is 2. The van der Waals surface area contributed by atoms with E-state index < -0.39 is 6.04 Å². The van der Waals surface area contributed by atoms with Gasteiger partial charge in [-0.1, -0.05) is 42.8 Å². The number of imidazole rings is 1. The second-order valence-corrected chi connectivity index (χ2v) is 10.6. The molecule has 1 aliphatic heterocycles. The number of benzene rings is 3. The van der Waals surface area contributed by atoms with Crippen LogP contribution >= 0.6 is 0 Å². The van der Waals surface area contributed by atoms with Crippen LogP contribution in [0.25, 0.3) is 16.7 Å². The highest BCUT2D eigenvalue weighted by atomic mass is 16.5. The molecule has 2 aromatic heterocycles. The average Bonchev–Trinajstić information content (AvgIpc) is 3.63. The van der Waals surface area contributed by atoms with E-state index in [9.17, 15) is 9.59 Å². The fraction of sp³-hybridized carbons (Fsp3) is 0.258. The summed E-state index contributed by atoms with van der Waals surface area (Å²) in [5.74, 6) is 1.06. The maximum absolute atomic E-state index is 13.7. The first-order chi connectivity index (χ1) is 19.3. The molecule has 0 radical (unpaired) electrons. The molecule has 202 valence electrons. The third kappa shape index (κ3) is 4.43. The van der Waals surface area contributed by atoms with Gasteiger partial charge in [0.15, 0.2) is 0 Å². The number of para-hydroxylation sites is 2. The lowest BCUT2D eigenvalue weighted by atomic mass is 10.0. The van der Waals surface area contributed by atoms with Crippen LogP contribution < -0.4 is 4.74 Å². The molecule has 0 N–H and O–H groups in total. The Balaban J connectivity index is 1.42. The van der Waals surface area contributed by atoms with Gasteiger partial charge in [0.1, 0.15) is 17.3 Å². The molecular weight excluding hydrogens is 504 g/mol. The lowest BCUT2D eigenvalue weighted by molar-refractivity contribution is 0.0553. The summed E-state index contributed by atoms with van der Waals surface area (Å²) in [5, 5.41) is 8.77. The molecule has 0 bridgehead atoms. The van der Waals surface area contributed by atoms with Crippen molar-refractivity contribution in [2.75, 3.05) is 7.11 Å². The van der Waals surface area contributed by atoms with Gasteiger partial charge in [0.05, 0.1) is 53.7 Å². The van der Waals surface area contributed by atoms with Gasteiger partial charge in [-0.25, -0.2) is 9.67 Å². The Morgan fingerprint density at radius 3 is 2.42 bits per heavy atom. The quantitative estimate of drug-likeness (QED) is 0.249. The molecule has 0 saturated heterocycles. The van der Waals surface area contributed by atoms with Gasteiger partial charge in [-0.05, 0) is 67.8 Å². The molecule has 5 aromatic rings. The van der Waals surface area contributed by atoms with Crippen molar-refractivity contribution in [3.05, 3.63) is 101 Å². The molecule has 40 heavy (non-hydrogen) atoms. The monoisotopic (exact) mass is 534 g/mol. The summed E-state index contributed by atoms with van der Waals surface area (Å²) in [6, 6.07) is 20.3. The molecule has 9 nitrogen and oxygen atoms in total. The van der Waals surface area contributed by atoms with Crippen LogP contribution in [-0.2, 0) is 6.54 Å². The largest absolute Gasteiger partial charge is 0.497 e. The van der Waals surface area contributed by atoms with E-state index in [-0.39, 0.29) is 17.7 Å². The van der Waals surface area contributed by atoms with Crippen LogP contribution in [0.1, 0.15) is 64.1 Å². The first-order valence-electron chi connectivity index (χ1n) is 13.3. The van der Waals surface area contributed by atoms with Crippen LogP contribution in [0.5, 0.6) is 5.75 Å². The topological polar surface area (TPSA) is 95.1 Å². The number of hydrogen-bond donors (Lipinski definition) is 0. The molecular formula is C31H30N6O3. The summed E-state index contributed by atoms with van der Waals surface area (Å²) in [6.45, 7) is 6.47. The zero-order valence-corrected chi connectivity index (χ0v) is 22.9. The SMILES string of the molecule is COc1ccc(-n2cc(Cn3c([C@@H](CC(C)C)N4C(=O)c5ccc(C)cc5C4=O)nc4ccccc43)nn2)cc1. The normalized spacial score (nSPS) is 13.9. The first kappa shape index (κ1) is 25.5. The number of hydrogen-bond acceptors (Lipinski definition) is 6. The fourth-order valence-electron chi connectivity index (χ4n) is 5.34. The zero-order valence-electron chi connectivity index (χ0n) is 22.9. The molecule has 0 saturated carbocycles. The van der Waals surface area contributed by atoms with Gasteiger partial charge >= 0.3 is 0 Å². The zero-order chi connectivity index (χ0) is 28.0. The average molecular weight is 535 g/mol. The van der Waals surface area contributed by atoms with Crippen molar-refractivity contribution in [2.24, 2.45) is 5.92 Å². The van der Waals surface area contributed by atoms with Crippen molar-refractivity contribution in [2.45, 2.75) is 39.8 Å². The fourth-order valence-corrected chi connectivity index (χ4v) is 5.34. The number of imide groups is 1. The molecule has 0 aliphatic carbocycles. The Bertz CT molecular complexity index is 1730. The molecule has 2 amide bonds. The second-order valence-electron chi connectivity index (χ2n) is 10.6. The molecule has 9 heteroatoms. The van der Waals surface area contributed by atoms with Crippen molar-refractivity contribution in [1.82, 2.24) is 29.4 Å². The van der Waals surface area contributed by atoms with E-state index in [1.54, 1.807) is 23.9 Å². The molecule has 0 spiro atoms. The third-order valence-electron chi connectivity index (χ3n) is 7.26. The van der Waals surface area contributed by atoms with E-state index in [0.717, 1.165) is 33.7 Å². The molecule has 1 aliphatic rings. The van der Waals surface area contributed by atoms with E-state index in [4.69, 9.17) is 9.72 Å². The van der Waals surface area contributed by atoms with Gasteiger partial charge < -0.3 is 9.30 Å². The lowest BCUT2D eigenvalue weighted by Crippen LogP contribution is -2.36. The number of methoxy groups -OCH3 is 1. The minimum atomic E-state index is -0.545. The van der Waals surface area contributed by atoms with E-state index in [1.165, 1.54) is 4.90 Å². The summed E-state index contributed by atoms with van der Waals surface area (Å²) < 4.78 is 9.03. The molecule has 0 fully saturated rings. The van der Waals surface area contributed by atoms with Crippen LogP contribution in [0.3, 0.4) is 0 Å². The van der Waals surface area contributed by atoms with Crippen molar-refractivity contribution in [3.8, 4) is 11.4 Å². The predicted octanol–water partition coefficient (Wildman–Crippen LogP) is 5.37. The van der Waals surface area contributed by atoms with E-state index in [0.29, 0.717) is 29.9 Å². The van der Waals surface area contributed by atoms with E-state index in [2.05, 4.69) is 28.7 Å². The maximum Gasteiger partial charge on any atom is 0.262 e. The Labute approximate surface area is 232 Å². The van der Waals surface area contributed by atoms with Crippen molar-refractivity contribution in [3.63, 3.8) is 0 Å². The Morgan fingerprint density at radius 2 is 1.68 bits per heavy atom. The van der Waals surface area contributed by atoms with Crippen LogP contribution in [0.2, 0.25) is 0 Å². The van der Waals surface area contributed by atoms with Crippen LogP contribution in [0.15, 0.2) is 72.9 Å².